The summed E-state index contributed by atoms with van der Waals surface area (Å²) in [6.07, 6.45) is 4.85. The summed E-state index contributed by atoms with van der Waals surface area (Å²) < 4.78 is 0.604. The predicted octanol–water partition coefficient (Wildman–Crippen LogP) is 3.95. The fourth-order valence-electron chi connectivity index (χ4n) is 1.09. The highest BCUT2D eigenvalue weighted by Crippen LogP contribution is 2.19. The van der Waals surface area contributed by atoms with Gasteiger partial charge in [0.1, 0.15) is 0 Å². The molecule has 0 fully saturated rings. The van der Waals surface area contributed by atoms with E-state index >= 15 is 0 Å². The Morgan fingerprint density at radius 1 is 1.47 bits per heavy atom. The molecule has 1 rings (SSSR count). The molecule has 0 bridgehead atoms. The molecule has 15 heavy (non-hydrogen) atoms. The van der Waals surface area contributed by atoms with E-state index in [-0.39, 0.29) is 5.56 Å². The summed E-state index contributed by atoms with van der Waals surface area (Å²) in [5.41, 5.74) is 1.19. The van der Waals surface area contributed by atoms with Gasteiger partial charge in [0.2, 0.25) is 0 Å². The monoisotopic (exact) mass is 332 g/mol. The second kappa shape index (κ2) is 6.08. The molecule has 0 heterocycles. The number of aromatic carboxylic acids is 1. The zero-order valence-corrected chi connectivity index (χ0v) is 11.1. The van der Waals surface area contributed by atoms with Gasteiger partial charge in [0.25, 0.3) is 0 Å². The van der Waals surface area contributed by atoms with Crippen LogP contribution in [0, 0.1) is 0 Å². The van der Waals surface area contributed by atoms with Crippen molar-refractivity contribution in [2.24, 2.45) is 0 Å². The number of rotatable bonds is 4. The van der Waals surface area contributed by atoms with E-state index < -0.39 is 5.97 Å². The number of carbonyl (C=O) groups is 1. The number of hydrogen-bond donors (Lipinski definition) is 1. The van der Waals surface area contributed by atoms with Crippen LogP contribution in [0.25, 0.3) is 6.08 Å². The van der Waals surface area contributed by atoms with Crippen LogP contribution >= 0.6 is 31.9 Å². The Labute approximate surface area is 105 Å². The van der Waals surface area contributed by atoms with Gasteiger partial charge in [-0.25, -0.2) is 4.79 Å². The number of alkyl halides is 1. The standard InChI is InChI=1S/C11H10Br2O2/c12-6-2-1-3-8-4-5-10(13)9(7-8)11(14)15/h1,3-5,7H,2,6H2,(H,14,15). The highest BCUT2D eigenvalue weighted by atomic mass is 79.9. The van der Waals surface area contributed by atoms with Crippen molar-refractivity contribution in [3.8, 4) is 0 Å². The Morgan fingerprint density at radius 2 is 2.20 bits per heavy atom. The lowest BCUT2D eigenvalue weighted by molar-refractivity contribution is 0.0696. The molecule has 0 aliphatic rings. The Kier molecular flexibility index (Phi) is 5.05. The van der Waals surface area contributed by atoms with Crippen LogP contribution in [0.15, 0.2) is 28.7 Å². The molecule has 0 unspecified atom stereocenters. The van der Waals surface area contributed by atoms with Gasteiger partial charge in [-0.05, 0) is 40.0 Å². The molecule has 0 aliphatic carbocycles. The lowest BCUT2D eigenvalue weighted by atomic mass is 10.1. The number of benzene rings is 1. The molecule has 2 nitrogen and oxygen atoms in total. The van der Waals surface area contributed by atoms with Gasteiger partial charge in [-0.15, -0.1) is 0 Å². The van der Waals surface area contributed by atoms with Gasteiger partial charge in [-0.3, -0.25) is 0 Å². The van der Waals surface area contributed by atoms with Crippen molar-refractivity contribution < 1.29 is 9.90 Å². The van der Waals surface area contributed by atoms with E-state index in [4.69, 9.17) is 5.11 Å². The molecule has 1 N–H and O–H groups in total. The van der Waals surface area contributed by atoms with Gasteiger partial charge in [0, 0.05) is 9.80 Å². The number of carboxylic acid groups (broad SMARTS) is 1. The van der Waals surface area contributed by atoms with E-state index in [2.05, 4.69) is 31.9 Å². The summed E-state index contributed by atoms with van der Waals surface area (Å²) in [5.74, 6) is -0.919. The molecule has 0 spiro atoms. The van der Waals surface area contributed by atoms with E-state index in [1.165, 1.54) is 0 Å². The van der Waals surface area contributed by atoms with Gasteiger partial charge in [-0.2, -0.15) is 0 Å². The maximum Gasteiger partial charge on any atom is 0.336 e. The molecular formula is C11H10Br2O2. The SMILES string of the molecule is O=C(O)c1cc(C=CCCBr)ccc1Br. The zero-order chi connectivity index (χ0) is 11.3. The van der Waals surface area contributed by atoms with Crippen LogP contribution in [-0.2, 0) is 0 Å². The van der Waals surface area contributed by atoms with Crippen molar-refractivity contribution in [3.05, 3.63) is 39.9 Å². The molecule has 0 aliphatic heterocycles. The summed E-state index contributed by atoms with van der Waals surface area (Å²) >= 11 is 6.52. The van der Waals surface area contributed by atoms with Crippen molar-refractivity contribution in [1.29, 1.82) is 0 Å². The second-order valence-corrected chi connectivity index (χ2v) is 4.57. The smallest absolute Gasteiger partial charge is 0.336 e. The molecule has 0 atom stereocenters. The molecule has 0 amide bonds. The highest BCUT2D eigenvalue weighted by molar-refractivity contribution is 9.10. The lowest BCUT2D eigenvalue weighted by Crippen LogP contribution is -1.97. The van der Waals surface area contributed by atoms with Gasteiger partial charge in [0.05, 0.1) is 5.56 Å². The normalized spacial score (nSPS) is 10.8. The predicted molar refractivity (Wildman–Crippen MR) is 68.5 cm³/mol. The van der Waals surface area contributed by atoms with Gasteiger partial charge >= 0.3 is 5.97 Å². The van der Waals surface area contributed by atoms with Crippen LogP contribution in [-0.4, -0.2) is 16.4 Å². The Balaban J connectivity index is 2.92. The minimum atomic E-state index is -0.919. The van der Waals surface area contributed by atoms with Gasteiger partial charge in [0.15, 0.2) is 0 Å². The molecule has 0 saturated carbocycles. The average Bonchev–Trinajstić information content (AvgIpc) is 2.20. The molecule has 1 aromatic carbocycles. The number of hydrogen-bond acceptors (Lipinski definition) is 1. The first-order valence-electron chi connectivity index (χ1n) is 4.40. The van der Waals surface area contributed by atoms with Crippen molar-refractivity contribution in [2.75, 3.05) is 5.33 Å². The number of halogens is 2. The summed E-state index contributed by atoms with van der Waals surface area (Å²) in [5, 5.41) is 9.81. The van der Waals surface area contributed by atoms with E-state index in [0.29, 0.717) is 4.47 Å². The number of allylic oxidation sites excluding steroid dienone is 1. The maximum atomic E-state index is 10.8. The van der Waals surface area contributed by atoms with E-state index in [1.54, 1.807) is 12.1 Å². The van der Waals surface area contributed by atoms with Crippen LogP contribution in [0.4, 0.5) is 0 Å². The Hall–Kier alpha value is -0.610. The highest BCUT2D eigenvalue weighted by Gasteiger charge is 2.07. The zero-order valence-electron chi connectivity index (χ0n) is 7.91. The van der Waals surface area contributed by atoms with E-state index in [0.717, 1.165) is 17.3 Å². The average molecular weight is 334 g/mol. The Bertz CT molecular complexity index is 386. The Morgan fingerprint density at radius 3 is 2.80 bits per heavy atom. The molecule has 0 aromatic heterocycles. The summed E-state index contributed by atoms with van der Waals surface area (Å²) in [6, 6.07) is 5.27. The van der Waals surface area contributed by atoms with Crippen LogP contribution in [0.1, 0.15) is 22.3 Å². The van der Waals surface area contributed by atoms with Crippen molar-refractivity contribution >= 4 is 43.9 Å². The van der Waals surface area contributed by atoms with Crippen molar-refractivity contribution in [2.45, 2.75) is 6.42 Å². The summed E-state index contributed by atoms with van der Waals surface area (Å²) in [7, 11) is 0. The van der Waals surface area contributed by atoms with Crippen LogP contribution in [0.5, 0.6) is 0 Å². The molecule has 4 heteroatoms. The van der Waals surface area contributed by atoms with Crippen LogP contribution < -0.4 is 0 Å². The molecule has 0 saturated heterocycles. The minimum absolute atomic E-state index is 0.288. The first-order valence-corrected chi connectivity index (χ1v) is 6.32. The first kappa shape index (κ1) is 12.5. The minimum Gasteiger partial charge on any atom is -0.478 e. The van der Waals surface area contributed by atoms with E-state index in [9.17, 15) is 4.79 Å². The van der Waals surface area contributed by atoms with Crippen molar-refractivity contribution in [1.82, 2.24) is 0 Å². The topological polar surface area (TPSA) is 37.3 Å². The fraction of sp³-hybridized carbons (Fsp3) is 0.182. The first-order chi connectivity index (χ1) is 7.15. The largest absolute Gasteiger partial charge is 0.478 e. The van der Waals surface area contributed by atoms with Gasteiger partial charge < -0.3 is 5.11 Å². The third-order valence-electron chi connectivity index (χ3n) is 1.81. The second-order valence-electron chi connectivity index (χ2n) is 2.92. The molecule has 1 aromatic rings. The molecule has 80 valence electrons. The van der Waals surface area contributed by atoms with Crippen LogP contribution in [0.3, 0.4) is 0 Å². The van der Waals surface area contributed by atoms with E-state index in [1.807, 2.05) is 18.2 Å². The van der Waals surface area contributed by atoms with Crippen molar-refractivity contribution in [3.63, 3.8) is 0 Å². The number of carboxylic acids is 1. The van der Waals surface area contributed by atoms with Gasteiger partial charge in [-0.1, -0.05) is 34.1 Å². The molecule has 0 radical (unpaired) electrons. The fourth-order valence-corrected chi connectivity index (χ4v) is 1.77. The van der Waals surface area contributed by atoms with Crippen LogP contribution in [0.2, 0.25) is 0 Å². The molecular weight excluding hydrogens is 324 g/mol. The summed E-state index contributed by atoms with van der Waals surface area (Å²) in [6.45, 7) is 0. The lowest BCUT2D eigenvalue weighted by Gasteiger charge is -2.00. The summed E-state index contributed by atoms with van der Waals surface area (Å²) in [4.78, 5) is 10.8. The maximum absolute atomic E-state index is 10.8. The quantitative estimate of drug-likeness (QED) is 0.847. The third kappa shape index (κ3) is 3.80. The third-order valence-corrected chi connectivity index (χ3v) is 2.96.